The lowest BCUT2D eigenvalue weighted by atomic mass is 10.0. The molecule has 106 valence electrons. The number of anilines is 1. The Kier molecular flexibility index (Phi) is 3.40. The van der Waals surface area contributed by atoms with Crippen LogP contribution in [0.4, 0.5) is 14.5 Å². The largest absolute Gasteiger partial charge is 0.432 e. The van der Waals surface area contributed by atoms with Crippen LogP contribution in [0.1, 0.15) is 11.3 Å². The molecule has 0 bridgehead atoms. The van der Waals surface area contributed by atoms with Crippen LogP contribution in [-0.4, -0.2) is 25.3 Å². The number of pyridine rings is 1. The average Bonchev–Trinajstić information content (AvgIpc) is 2.45. The van der Waals surface area contributed by atoms with E-state index in [0.29, 0.717) is 25.2 Å². The van der Waals surface area contributed by atoms with Gasteiger partial charge in [-0.15, -0.1) is 0 Å². The highest BCUT2D eigenvalue weighted by Crippen LogP contribution is 2.35. The molecule has 0 fully saturated rings. The first-order valence-corrected chi connectivity index (χ1v) is 6.35. The molecule has 6 heteroatoms. The van der Waals surface area contributed by atoms with E-state index >= 15 is 0 Å². The van der Waals surface area contributed by atoms with Crippen LogP contribution in [0.5, 0.6) is 5.75 Å². The molecule has 0 aliphatic carbocycles. The van der Waals surface area contributed by atoms with Gasteiger partial charge in [0, 0.05) is 24.4 Å². The Hall–Kier alpha value is -1.95. The molecule has 20 heavy (non-hydrogen) atoms. The fraction of sp³-hybridized carbons (Fsp3) is 0.357. The molecule has 1 aromatic carbocycles. The van der Waals surface area contributed by atoms with Crippen molar-refractivity contribution in [1.29, 1.82) is 0 Å². The normalized spacial score (nSPS) is 14.4. The number of para-hydroxylation sites is 1. The van der Waals surface area contributed by atoms with Crippen molar-refractivity contribution < 1.29 is 18.3 Å². The molecular weight excluding hydrogens is 266 g/mol. The van der Waals surface area contributed by atoms with Gasteiger partial charge in [-0.05, 0) is 6.07 Å². The minimum Gasteiger partial charge on any atom is -0.432 e. The number of aromatic nitrogens is 1. The lowest BCUT2D eigenvalue weighted by Gasteiger charge is -2.21. The standard InChI is InChI=1S/C14H14F2N2O2/c1-17-12-8-3-2-4-11(20-14(15)16)13(8)18-10-5-6-19-7-9(10)12/h2-4,14H,5-7H2,1H3,(H,17,18). The highest BCUT2D eigenvalue weighted by Gasteiger charge is 2.20. The van der Waals surface area contributed by atoms with E-state index in [2.05, 4.69) is 15.0 Å². The van der Waals surface area contributed by atoms with Crippen molar-refractivity contribution in [2.24, 2.45) is 0 Å². The summed E-state index contributed by atoms with van der Waals surface area (Å²) in [6.45, 7) is -1.79. The molecule has 0 unspecified atom stereocenters. The smallest absolute Gasteiger partial charge is 0.387 e. The third-order valence-corrected chi connectivity index (χ3v) is 3.36. The number of benzene rings is 1. The maximum Gasteiger partial charge on any atom is 0.387 e. The van der Waals surface area contributed by atoms with Crippen LogP contribution in [0.2, 0.25) is 0 Å². The first kappa shape index (κ1) is 13.1. The molecule has 1 aliphatic rings. The second-order valence-electron chi connectivity index (χ2n) is 4.50. The number of alkyl halides is 2. The van der Waals surface area contributed by atoms with Gasteiger partial charge in [0.15, 0.2) is 5.75 Å². The van der Waals surface area contributed by atoms with Crippen molar-refractivity contribution in [2.45, 2.75) is 19.6 Å². The van der Waals surface area contributed by atoms with Gasteiger partial charge in [0.2, 0.25) is 0 Å². The van der Waals surface area contributed by atoms with Gasteiger partial charge in [-0.2, -0.15) is 8.78 Å². The summed E-state index contributed by atoms with van der Waals surface area (Å²) in [4.78, 5) is 4.50. The van der Waals surface area contributed by atoms with Gasteiger partial charge in [-0.1, -0.05) is 12.1 Å². The van der Waals surface area contributed by atoms with E-state index < -0.39 is 6.61 Å². The summed E-state index contributed by atoms with van der Waals surface area (Å²) in [6, 6.07) is 5.02. The van der Waals surface area contributed by atoms with Crippen LogP contribution >= 0.6 is 0 Å². The second kappa shape index (κ2) is 5.20. The molecule has 2 heterocycles. The highest BCUT2D eigenvalue weighted by atomic mass is 19.3. The maximum atomic E-state index is 12.5. The summed E-state index contributed by atoms with van der Waals surface area (Å²) in [5.74, 6) is 0.100. The van der Waals surface area contributed by atoms with Gasteiger partial charge in [-0.25, -0.2) is 4.98 Å². The van der Waals surface area contributed by atoms with Crippen LogP contribution in [0.3, 0.4) is 0 Å². The summed E-state index contributed by atoms with van der Waals surface area (Å²) in [5.41, 5.74) is 3.18. The van der Waals surface area contributed by atoms with Gasteiger partial charge >= 0.3 is 6.61 Å². The Bertz CT molecular complexity index is 647. The van der Waals surface area contributed by atoms with Crippen LogP contribution in [-0.2, 0) is 17.8 Å². The van der Waals surface area contributed by atoms with E-state index in [1.165, 1.54) is 6.07 Å². The highest BCUT2D eigenvalue weighted by molar-refractivity contribution is 5.96. The number of hydrogen-bond donors (Lipinski definition) is 1. The van der Waals surface area contributed by atoms with Gasteiger partial charge in [-0.3, -0.25) is 0 Å². The van der Waals surface area contributed by atoms with Crippen molar-refractivity contribution in [1.82, 2.24) is 4.98 Å². The number of rotatable bonds is 3. The topological polar surface area (TPSA) is 43.4 Å². The van der Waals surface area contributed by atoms with Crippen LogP contribution < -0.4 is 10.1 Å². The zero-order chi connectivity index (χ0) is 14.1. The zero-order valence-electron chi connectivity index (χ0n) is 11.0. The quantitative estimate of drug-likeness (QED) is 0.938. The van der Waals surface area contributed by atoms with Crippen molar-refractivity contribution in [2.75, 3.05) is 19.0 Å². The Labute approximate surface area is 114 Å². The Morgan fingerprint density at radius 2 is 2.25 bits per heavy atom. The Balaban J connectivity index is 2.25. The fourth-order valence-corrected chi connectivity index (χ4v) is 2.53. The molecule has 1 N–H and O–H groups in total. The van der Waals surface area contributed by atoms with Gasteiger partial charge in [0.05, 0.1) is 24.6 Å². The minimum absolute atomic E-state index is 0.100. The molecule has 0 amide bonds. The van der Waals surface area contributed by atoms with E-state index in [9.17, 15) is 8.78 Å². The number of nitrogens with one attached hydrogen (secondary N) is 1. The third kappa shape index (κ3) is 2.16. The fourth-order valence-electron chi connectivity index (χ4n) is 2.53. The zero-order valence-corrected chi connectivity index (χ0v) is 11.0. The van der Waals surface area contributed by atoms with Crippen molar-refractivity contribution >= 4 is 16.6 Å². The molecule has 0 atom stereocenters. The molecule has 0 radical (unpaired) electrons. The van der Waals surface area contributed by atoms with E-state index in [1.54, 1.807) is 13.1 Å². The molecule has 0 saturated heterocycles. The maximum absolute atomic E-state index is 12.5. The molecule has 0 saturated carbocycles. The lowest BCUT2D eigenvalue weighted by molar-refractivity contribution is -0.0489. The van der Waals surface area contributed by atoms with E-state index in [0.717, 1.165) is 22.3 Å². The third-order valence-electron chi connectivity index (χ3n) is 3.36. The van der Waals surface area contributed by atoms with E-state index in [4.69, 9.17) is 4.74 Å². The Morgan fingerprint density at radius 1 is 1.40 bits per heavy atom. The van der Waals surface area contributed by atoms with Crippen LogP contribution in [0.25, 0.3) is 10.9 Å². The lowest BCUT2D eigenvalue weighted by Crippen LogP contribution is -2.15. The summed E-state index contributed by atoms with van der Waals surface area (Å²) >= 11 is 0. The number of ether oxygens (including phenoxy) is 2. The molecule has 1 aromatic heterocycles. The molecule has 2 aromatic rings. The van der Waals surface area contributed by atoms with Gasteiger partial charge < -0.3 is 14.8 Å². The number of halogens is 2. The minimum atomic E-state index is -2.86. The molecular formula is C14H14F2N2O2. The van der Waals surface area contributed by atoms with Crippen molar-refractivity contribution in [3.8, 4) is 5.75 Å². The monoisotopic (exact) mass is 280 g/mol. The van der Waals surface area contributed by atoms with E-state index in [1.807, 2.05) is 6.07 Å². The van der Waals surface area contributed by atoms with Gasteiger partial charge in [0.25, 0.3) is 0 Å². The molecule has 3 rings (SSSR count). The SMILES string of the molecule is CNc1c2c(nc3c(OC(F)F)cccc13)CCOC2. The van der Waals surface area contributed by atoms with Crippen molar-refractivity contribution in [3.63, 3.8) is 0 Å². The van der Waals surface area contributed by atoms with Crippen LogP contribution in [0.15, 0.2) is 18.2 Å². The first-order chi connectivity index (χ1) is 9.70. The molecule has 0 spiro atoms. The first-order valence-electron chi connectivity index (χ1n) is 6.35. The summed E-state index contributed by atoms with van der Waals surface area (Å²) in [5, 5.41) is 3.87. The number of hydrogen-bond acceptors (Lipinski definition) is 4. The predicted molar refractivity (Wildman–Crippen MR) is 71.3 cm³/mol. The average molecular weight is 280 g/mol. The Morgan fingerprint density at radius 3 is 3.00 bits per heavy atom. The van der Waals surface area contributed by atoms with E-state index in [-0.39, 0.29) is 5.75 Å². The molecule has 4 nitrogen and oxygen atoms in total. The molecule has 1 aliphatic heterocycles. The summed E-state index contributed by atoms with van der Waals surface area (Å²) in [7, 11) is 1.80. The van der Waals surface area contributed by atoms with Crippen LogP contribution in [0, 0.1) is 0 Å². The predicted octanol–water partition coefficient (Wildman–Crippen LogP) is 2.95. The number of fused-ring (bicyclic) bond motifs is 2. The summed E-state index contributed by atoms with van der Waals surface area (Å²) < 4.78 is 35.0. The van der Waals surface area contributed by atoms with Gasteiger partial charge in [0.1, 0.15) is 5.52 Å². The second-order valence-corrected chi connectivity index (χ2v) is 4.50. The number of nitrogens with zero attached hydrogens (tertiary/aromatic N) is 1. The van der Waals surface area contributed by atoms with Crippen molar-refractivity contribution in [3.05, 3.63) is 29.5 Å². The summed E-state index contributed by atoms with van der Waals surface area (Å²) in [6.07, 6.45) is 0.670.